The van der Waals surface area contributed by atoms with Gasteiger partial charge in [0, 0.05) is 12.6 Å². The number of halogens is 3. The summed E-state index contributed by atoms with van der Waals surface area (Å²) >= 11 is 0. The second kappa shape index (κ2) is 5.07. The van der Waals surface area contributed by atoms with Crippen molar-refractivity contribution in [3.8, 4) is 0 Å². The minimum atomic E-state index is -4.65. The molecule has 0 aliphatic carbocycles. The van der Waals surface area contributed by atoms with Crippen molar-refractivity contribution in [1.82, 2.24) is 5.32 Å². The van der Waals surface area contributed by atoms with Gasteiger partial charge in [-0.05, 0) is 18.2 Å². The fourth-order valence-electron chi connectivity index (χ4n) is 1.30. The first kappa shape index (κ1) is 14.0. The number of ether oxygens (including phenoxy) is 1. The average molecular weight is 261 g/mol. The third-order valence-electron chi connectivity index (χ3n) is 2.17. The maximum absolute atomic E-state index is 12.6. The summed E-state index contributed by atoms with van der Waals surface area (Å²) in [5.74, 6) is -1.66. The van der Waals surface area contributed by atoms with Gasteiger partial charge in [0.2, 0.25) is 0 Å². The van der Waals surface area contributed by atoms with Crippen molar-refractivity contribution >= 4 is 11.9 Å². The molecule has 0 spiro atoms. The molecule has 0 radical (unpaired) electrons. The lowest BCUT2D eigenvalue weighted by atomic mass is 10.0. The Morgan fingerprint density at radius 3 is 2.17 bits per heavy atom. The summed E-state index contributed by atoms with van der Waals surface area (Å²) < 4.78 is 42.1. The number of alkyl halides is 3. The van der Waals surface area contributed by atoms with Gasteiger partial charge < -0.3 is 10.1 Å². The van der Waals surface area contributed by atoms with Crippen molar-refractivity contribution in [3.05, 3.63) is 34.9 Å². The molecule has 0 saturated heterocycles. The van der Waals surface area contributed by atoms with Crippen LogP contribution in [0.25, 0.3) is 0 Å². The molecule has 1 rings (SSSR count). The summed E-state index contributed by atoms with van der Waals surface area (Å²) in [6, 6.07) is 2.35. The van der Waals surface area contributed by atoms with E-state index in [2.05, 4.69) is 10.1 Å². The molecule has 0 atom stereocenters. The Balaban J connectivity index is 3.38. The molecule has 98 valence electrons. The van der Waals surface area contributed by atoms with E-state index in [4.69, 9.17) is 0 Å². The third kappa shape index (κ3) is 2.99. The second-order valence-corrected chi connectivity index (χ2v) is 3.37. The van der Waals surface area contributed by atoms with Gasteiger partial charge in [-0.1, -0.05) is 0 Å². The molecule has 0 fully saturated rings. The summed E-state index contributed by atoms with van der Waals surface area (Å²) in [7, 11) is 2.32. The number of benzene rings is 1. The van der Waals surface area contributed by atoms with Crippen LogP contribution in [0.15, 0.2) is 18.2 Å². The van der Waals surface area contributed by atoms with Crippen LogP contribution in [0, 0.1) is 0 Å². The highest BCUT2D eigenvalue weighted by Gasteiger charge is 2.32. The summed E-state index contributed by atoms with van der Waals surface area (Å²) in [5, 5.41) is 2.19. The SMILES string of the molecule is CNC(=O)c1cc(C(=O)OC)cc(C(F)(F)F)c1. The number of nitrogens with one attached hydrogen (secondary N) is 1. The predicted octanol–water partition coefficient (Wildman–Crippen LogP) is 1.85. The lowest BCUT2D eigenvalue weighted by Crippen LogP contribution is -2.20. The highest BCUT2D eigenvalue weighted by Crippen LogP contribution is 2.30. The van der Waals surface area contributed by atoms with E-state index in [1.165, 1.54) is 7.05 Å². The van der Waals surface area contributed by atoms with Crippen LogP contribution in [0.3, 0.4) is 0 Å². The van der Waals surface area contributed by atoms with E-state index in [0.29, 0.717) is 12.1 Å². The Hall–Kier alpha value is -2.05. The van der Waals surface area contributed by atoms with Crippen LogP contribution < -0.4 is 5.32 Å². The Morgan fingerprint density at radius 2 is 1.72 bits per heavy atom. The molecule has 1 amide bonds. The first-order valence-electron chi connectivity index (χ1n) is 4.82. The van der Waals surface area contributed by atoms with Gasteiger partial charge in [-0.2, -0.15) is 13.2 Å². The van der Waals surface area contributed by atoms with Crippen molar-refractivity contribution in [3.63, 3.8) is 0 Å². The van der Waals surface area contributed by atoms with Crippen molar-refractivity contribution in [2.75, 3.05) is 14.2 Å². The zero-order valence-corrected chi connectivity index (χ0v) is 9.59. The van der Waals surface area contributed by atoms with Crippen molar-refractivity contribution in [1.29, 1.82) is 0 Å². The van der Waals surface area contributed by atoms with Gasteiger partial charge >= 0.3 is 12.1 Å². The maximum atomic E-state index is 12.6. The number of hydrogen-bond donors (Lipinski definition) is 1. The molecule has 0 aromatic heterocycles. The molecule has 1 aromatic carbocycles. The van der Waals surface area contributed by atoms with Crippen LogP contribution in [-0.4, -0.2) is 26.0 Å². The van der Waals surface area contributed by atoms with Crippen LogP contribution in [-0.2, 0) is 10.9 Å². The van der Waals surface area contributed by atoms with Gasteiger partial charge in [-0.3, -0.25) is 4.79 Å². The molecule has 0 saturated carbocycles. The van der Waals surface area contributed by atoms with Gasteiger partial charge in [0.15, 0.2) is 0 Å². The van der Waals surface area contributed by atoms with Crippen molar-refractivity contribution in [2.45, 2.75) is 6.18 Å². The van der Waals surface area contributed by atoms with E-state index in [9.17, 15) is 22.8 Å². The average Bonchev–Trinajstić information content (AvgIpc) is 2.35. The predicted molar refractivity (Wildman–Crippen MR) is 56.2 cm³/mol. The third-order valence-corrected chi connectivity index (χ3v) is 2.17. The molecule has 0 aliphatic rings. The second-order valence-electron chi connectivity index (χ2n) is 3.37. The summed E-state index contributed by atoms with van der Waals surface area (Å²) in [6.45, 7) is 0. The molecular formula is C11H10F3NO3. The molecule has 18 heavy (non-hydrogen) atoms. The van der Waals surface area contributed by atoms with Gasteiger partial charge in [-0.15, -0.1) is 0 Å². The first-order valence-corrected chi connectivity index (χ1v) is 4.82. The quantitative estimate of drug-likeness (QED) is 0.826. The highest BCUT2D eigenvalue weighted by molar-refractivity contribution is 5.98. The van der Waals surface area contributed by atoms with Crippen LogP contribution in [0.2, 0.25) is 0 Å². The lowest BCUT2D eigenvalue weighted by molar-refractivity contribution is -0.137. The van der Waals surface area contributed by atoms with E-state index in [1.54, 1.807) is 0 Å². The Morgan fingerprint density at radius 1 is 1.17 bits per heavy atom. The summed E-state index contributed by atoms with van der Waals surface area (Å²) in [5.41, 5.74) is -1.66. The standard InChI is InChI=1S/C11H10F3NO3/c1-15-9(16)6-3-7(10(17)18-2)5-8(4-6)11(12,13)14/h3-5H,1-2H3,(H,15,16). The minimum Gasteiger partial charge on any atom is -0.465 e. The minimum absolute atomic E-state index is 0.257. The number of carbonyl (C=O) groups is 2. The smallest absolute Gasteiger partial charge is 0.416 e. The van der Waals surface area contributed by atoms with Gasteiger partial charge in [0.1, 0.15) is 0 Å². The normalized spacial score (nSPS) is 10.9. The van der Waals surface area contributed by atoms with E-state index < -0.39 is 23.6 Å². The van der Waals surface area contributed by atoms with Crippen molar-refractivity contribution in [2.24, 2.45) is 0 Å². The molecule has 0 heterocycles. The number of rotatable bonds is 2. The number of methoxy groups -OCH3 is 1. The van der Waals surface area contributed by atoms with E-state index in [-0.39, 0.29) is 11.1 Å². The Kier molecular flexibility index (Phi) is 3.95. The number of carbonyl (C=O) groups excluding carboxylic acids is 2. The lowest BCUT2D eigenvalue weighted by Gasteiger charge is -2.10. The van der Waals surface area contributed by atoms with E-state index in [1.807, 2.05) is 0 Å². The fourth-order valence-corrected chi connectivity index (χ4v) is 1.30. The Bertz CT molecular complexity index is 449. The summed E-state index contributed by atoms with van der Waals surface area (Å²) in [6.07, 6.45) is -4.65. The molecule has 0 aliphatic heterocycles. The van der Waals surface area contributed by atoms with Crippen LogP contribution in [0.5, 0.6) is 0 Å². The monoisotopic (exact) mass is 261 g/mol. The zero-order valence-electron chi connectivity index (χ0n) is 9.59. The van der Waals surface area contributed by atoms with Crippen LogP contribution >= 0.6 is 0 Å². The van der Waals surface area contributed by atoms with E-state index >= 15 is 0 Å². The number of amides is 1. The molecule has 1 aromatic rings. The zero-order chi connectivity index (χ0) is 13.9. The first-order chi connectivity index (χ1) is 8.29. The summed E-state index contributed by atoms with van der Waals surface area (Å²) in [4.78, 5) is 22.6. The number of esters is 1. The molecule has 0 bridgehead atoms. The van der Waals surface area contributed by atoms with Crippen molar-refractivity contribution < 1.29 is 27.5 Å². The van der Waals surface area contributed by atoms with Crippen LogP contribution in [0.4, 0.5) is 13.2 Å². The largest absolute Gasteiger partial charge is 0.465 e. The maximum Gasteiger partial charge on any atom is 0.416 e. The van der Waals surface area contributed by atoms with Crippen LogP contribution in [0.1, 0.15) is 26.3 Å². The molecule has 7 heteroatoms. The van der Waals surface area contributed by atoms with Gasteiger partial charge in [0.05, 0.1) is 18.2 Å². The topological polar surface area (TPSA) is 55.4 Å². The molecule has 1 N–H and O–H groups in total. The fraction of sp³-hybridized carbons (Fsp3) is 0.273. The number of hydrogen-bond acceptors (Lipinski definition) is 3. The molecular weight excluding hydrogens is 251 g/mol. The van der Waals surface area contributed by atoms with E-state index in [0.717, 1.165) is 13.2 Å². The Labute approximate surface area is 101 Å². The molecule has 4 nitrogen and oxygen atoms in total. The van der Waals surface area contributed by atoms with Gasteiger partial charge in [0.25, 0.3) is 5.91 Å². The highest BCUT2D eigenvalue weighted by atomic mass is 19.4. The molecule has 0 unspecified atom stereocenters. The van der Waals surface area contributed by atoms with Gasteiger partial charge in [-0.25, -0.2) is 4.79 Å².